The van der Waals surface area contributed by atoms with E-state index in [0.717, 1.165) is 89.9 Å². The first-order valence-corrected chi connectivity index (χ1v) is 34.6. The minimum atomic E-state index is -0.771. The highest BCUT2D eigenvalue weighted by molar-refractivity contribution is 5.71. The Morgan fingerprint density at radius 2 is 0.500 bits per heavy atom. The topological polar surface area (TPSA) is 78.9 Å². The Morgan fingerprint density at radius 3 is 0.782 bits per heavy atom. The van der Waals surface area contributed by atoms with Crippen LogP contribution in [-0.4, -0.2) is 37.2 Å². The lowest BCUT2D eigenvalue weighted by molar-refractivity contribution is -0.167. The van der Waals surface area contributed by atoms with Crippen LogP contribution < -0.4 is 0 Å². The number of allylic oxidation sites excluding steroid dienone is 8. The molecule has 6 nitrogen and oxygen atoms in total. The van der Waals surface area contributed by atoms with Crippen LogP contribution in [0, 0.1) is 0 Å². The summed E-state index contributed by atoms with van der Waals surface area (Å²) in [5, 5.41) is 0. The number of rotatable bonds is 64. The van der Waals surface area contributed by atoms with E-state index in [-0.39, 0.29) is 31.1 Å². The van der Waals surface area contributed by atoms with Crippen LogP contribution in [0.25, 0.3) is 0 Å². The maximum absolute atomic E-state index is 12.8. The molecule has 78 heavy (non-hydrogen) atoms. The summed E-state index contributed by atoms with van der Waals surface area (Å²) in [7, 11) is 0. The Balaban J connectivity index is 3.91. The zero-order chi connectivity index (χ0) is 56.4. The molecular formula is C72H132O6. The summed E-state index contributed by atoms with van der Waals surface area (Å²) in [5.41, 5.74) is 0. The normalized spacial score (nSPS) is 12.3. The van der Waals surface area contributed by atoms with Crippen molar-refractivity contribution in [3.8, 4) is 0 Å². The van der Waals surface area contributed by atoms with Gasteiger partial charge < -0.3 is 14.2 Å². The molecule has 0 spiro atoms. The van der Waals surface area contributed by atoms with E-state index in [9.17, 15) is 14.4 Å². The summed E-state index contributed by atoms with van der Waals surface area (Å²) >= 11 is 0. The van der Waals surface area contributed by atoms with Crippen molar-refractivity contribution in [2.75, 3.05) is 13.2 Å². The average Bonchev–Trinajstić information content (AvgIpc) is 3.44. The minimum Gasteiger partial charge on any atom is -0.462 e. The summed E-state index contributed by atoms with van der Waals surface area (Å²) in [4.78, 5) is 38.0. The van der Waals surface area contributed by atoms with Gasteiger partial charge in [0.25, 0.3) is 0 Å². The quantitative estimate of drug-likeness (QED) is 0.0261. The van der Waals surface area contributed by atoms with E-state index in [1.807, 2.05) is 0 Å². The van der Waals surface area contributed by atoms with Crippen LogP contribution >= 0.6 is 0 Å². The maximum atomic E-state index is 12.8. The fraction of sp³-hybridized carbons (Fsp3) is 0.847. The molecule has 0 fully saturated rings. The van der Waals surface area contributed by atoms with E-state index >= 15 is 0 Å². The Morgan fingerprint density at radius 1 is 0.269 bits per heavy atom. The van der Waals surface area contributed by atoms with Crippen molar-refractivity contribution in [3.63, 3.8) is 0 Å². The molecular weight excluding hydrogens is 961 g/mol. The second kappa shape index (κ2) is 66.9. The molecule has 0 N–H and O–H groups in total. The van der Waals surface area contributed by atoms with Gasteiger partial charge in [-0.05, 0) is 57.8 Å². The molecule has 0 aliphatic carbocycles. The number of ether oxygens (including phenoxy) is 3. The summed E-state index contributed by atoms with van der Waals surface area (Å²) < 4.78 is 16.8. The summed E-state index contributed by atoms with van der Waals surface area (Å²) in [6, 6.07) is 0. The SMILES string of the molecule is CC/C=C\C/C=C\C/C=C\C/C=C\CCCCCCCCCCCCC(=O)OC(COC(=O)CCCCCCC)COC(=O)CCCCCCCCCCCCCCCCCCCCCCCCCCCCCCCCCC. The Labute approximate surface area is 486 Å². The number of carbonyl (C=O) groups is 3. The van der Waals surface area contributed by atoms with Crippen LogP contribution in [0.4, 0.5) is 0 Å². The van der Waals surface area contributed by atoms with Crippen molar-refractivity contribution in [1.82, 2.24) is 0 Å². The highest BCUT2D eigenvalue weighted by Crippen LogP contribution is 2.19. The molecule has 0 aromatic heterocycles. The largest absolute Gasteiger partial charge is 0.462 e. The second-order valence-electron chi connectivity index (χ2n) is 23.4. The van der Waals surface area contributed by atoms with Crippen LogP contribution in [-0.2, 0) is 28.6 Å². The Bertz CT molecular complexity index is 1350. The number of carbonyl (C=O) groups excluding carboxylic acids is 3. The van der Waals surface area contributed by atoms with Gasteiger partial charge in [0.2, 0.25) is 0 Å². The number of hydrogen-bond acceptors (Lipinski definition) is 6. The van der Waals surface area contributed by atoms with Crippen LogP contribution in [0.3, 0.4) is 0 Å². The molecule has 0 bridgehead atoms. The van der Waals surface area contributed by atoms with Gasteiger partial charge in [0, 0.05) is 19.3 Å². The first kappa shape index (κ1) is 75.4. The maximum Gasteiger partial charge on any atom is 0.306 e. The van der Waals surface area contributed by atoms with Crippen LogP contribution in [0.5, 0.6) is 0 Å². The van der Waals surface area contributed by atoms with Crippen LogP contribution in [0.1, 0.15) is 374 Å². The fourth-order valence-electron chi connectivity index (χ4n) is 10.4. The van der Waals surface area contributed by atoms with E-state index in [4.69, 9.17) is 14.2 Å². The molecule has 1 unspecified atom stereocenters. The average molecular weight is 1090 g/mol. The Hall–Kier alpha value is -2.63. The molecule has 0 saturated carbocycles. The molecule has 456 valence electrons. The summed E-state index contributed by atoms with van der Waals surface area (Å²) in [6.45, 7) is 6.50. The van der Waals surface area contributed by atoms with Gasteiger partial charge >= 0.3 is 17.9 Å². The highest BCUT2D eigenvalue weighted by atomic mass is 16.6. The lowest BCUT2D eigenvalue weighted by atomic mass is 10.0. The van der Waals surface area contributed by atoms with Crippen molar-refractivity contribution in [3.05, 3.63) is 48.6 Å². The molecule has 0 heterocycles. The summed E-state index contributed by atoms with van der Waals surface area (Å²) in [6.07, 6.45) is 84.9. The third-order valence-corrected chi connectivity index (χ3v) is 15.6. The molecule has 0 saturated heterocycles. The highest BCUT2D eigenvalue weighted by Gasteiger charge is 2.19. The van der Waals surface area contributed by atoms with Gasteiger partial charge in [0.1, 0.15) is 13.2 Å². The molecule has 1 atom stereocenters. The molecule has 0 aliphatic heterocycles. The zero-order valence-electron chi connectivity index (χ0n) is 52.5. The van der Waals surface area contributed by atoms with Crippen molar-refractivity contribution >= 4 is 17.9 Å². The number of esters is 3. The third-order valence-electron chi connectivity index (χ3n) is 15.6. The van der Waals surface area contributed by atoms with Crippen molar-refractivity contribution in [2.24, 2.45) is 0 Å². The van der Waals surface area contributed by atoms with Gasteiger partial charge in [-0.1, -0.05) is 345 Å². The molecule has 0 aromatic rings. The molecule has 6 heteroatoms. The monoisotopic (exact) mass is 1090 g/mol. The first-order chi connectivity index (χ1) is 38.5. The van der Waals surface area contributed by atoms with Gasteiger partial charge in [0.15, 0.2) is 6.10 Å². The van der Waals surface area contributed by atoms with Crippen LogP contribution in [0.2, 0.25) is 0 Å². The minimum absolute atomic E-state index is 0.0710. The molecule has 0 rings (SSSR count). The molecule has 0 radical (unpaired) electrons. The van der Waals surface area contributed by atoms with E-state index in [2.05, 4.69) is 69.4 Å². The van der Waals surface area contributed by atoms with Crippen molar-refractivity contribution in [2.45, 2.75) is 380 Å². The van der Waals surface area contributed by atoms with Gasteiger partial charge in [-0.2, -0.15) is 0 Å². The van der Waals surface area contributed by atoms with Gasteiger partial charge in [-0.15, -0.1) is 0 Å². The van der Waals surface area contributed by atoms with Crippen molar-refractivity contribution in [1.29, 1.82) is 0 Å². The zero-order valence-corrected chi connectivity index (χ0v) is 52.5. The Kier molecular flexibility index (Phi) is 64.6. The van der Waals surface area contributed by atoms with E-state index < -0.39 is 6.10 Å². The van der Waals surface area contributed by atoms with Gasteiger partial charge in [-0.25, -0.2) is 0 Å². The lowest BCUT2D eigenvalue weighted by Crippen LogP contribution is -2.30. The van der Waals surface area contributed by atoms with Crippen LogP contribution in [0.15, 0.2) is 48.6 Å². The fourth-order valence-corrected chi connectivity index (χ4v) is 10.4. The van der Waals surface area contributed by atoms with E-state index in [0.29, 0.717) is 19.3 Å². The van der Waals surface area contributed by atoms with E-state index in [1.165, 1.54) is 244 Å². The molecule has 0 aromatic carbocycles. The molecule has 0 amide bonds. The lowest BCUT2D eigenvalue weighted by Gasteiger charge is -2.18. The second-order valence-corrected chi connectivity index (χ2v) is 23.4. The third kappa shape index (κ3) is 64.2. The van der Waals surface area contributed by atoms with Crippen molar-refractivity contribution < 1.29 is 28.6 Å². The number of unbranched alkanes of at least 4 members (excludes halogenated alkanes) is 45. The molecule has 0 aliphatic rings. The van der Waals surface area contributed by atoms with Gasteiger partial charge in [-0.3, -0.25) is 14.4 Å². The number of hydrogen-bond donors (Lipinski definition) is 0. The standard InChI is InChI=1S/C72H132O6/c1-4-7-10-13-15-17-19-21-23-25-27-29-31-32-33-34-35-36-37-38-39-41-42-44-46-48-50-52-54-56-59-62-65-71(74)77-68-69(67-76-70(73)64-61-58-12-9-6-3)78-72(75)66-63-60-57-55-53-51-49-47-45-43-40-30-28-26-24-22-20-18-16-14-11-8-5-2/h8,11,16,18,22,24,28,30,69H,4-7,9-10,12-15,17,19-21,23,25-27,29,31-68H2,1-3H3/b11-8-,18-16-,24-22-,30-28-. The first-order valence-electron chi connectivity index (χ1n) is 34.6. The predicted molar refractivity (Wildman–Crippen MR) is 339 cm³/mol. The van der Waals surface area contributed by atoms with Gasteiger partial charge in [0.05, 0.1) is 0 Å². The van der Waals surface area contributed by atoms with E-state index in [1.54, 1.807) is 0 Å². The smallest absolute Gasteiger partial charge is 0.306 e. The summed E-state index contributed by atoms with van der Waals surface area (Å²) in [5.74, 6) is -0.869. The predicted octanol–water partition coefficient (Wildman–Crippen LogP) is 23.7.